The van der Waals surface area contributed by atoms with Gasteiger partial charge in [0.1, 0.15) is 18.2 Å². The van der Waals surface area contributed by atoms with Crippen molar-refractivity contribution in [2.45, 2.75) is 20.5 Å². The molecule has 0 saturated carbocycles. The predicted molar refractivity (Wildman–Crippen MR) is 74.3 cm³/mol. The van der Waals surface area contributed by atoms with E-state index in [4.69, 9.17) is 4.74 Å². The molecule has 3 heteroatoms. The number of hydrogen-bond acceptors (Lipinski definition) is 1. The van der Waals surface area contributed by atoms with Crippen molar-refractivity contribution in [2.75, 3.05) is 0 Å². The monoisotopic (exact) mass is 308 g/mol. The van der Waals surface area contributed by atoms with Gasteiger partial charge in [-0.2, -0.15) is 0 Å². The van der Waals surface area contributed by atoms with Gasteiger partial charge >= 0.3 is 0 Å². The Morgan fingerprint density at radius 1 is 1.06 bits per heavy atom. The fourth-order valence-electron chi connectivity index (χ4n) is 1.60. The summed E-state index contributed by atoms with van der Waals surface area (Å²) >= 11 is 3.33. The molecule has 0 unspecified atom stereocenters. The molecule has 2 aromatic rings. The topological polar surface area (TPSA) is 9.23 Å². The zero-order chi connectivity index (χ0) is 13.1. The molecule has 0 spiro atoms. The smallest absolute Gasteiger partial charge is 0.124 e. The molecule has 0 aliphatic rings. The van der Waals surface area contributed by atoms with Gasteiger partial charge in [0.05, 0.1) is 0 Å². The van der Waals surface area contributed by atoms with Crippen molar-refractivity contribution in [2.24, 2.45) is 0 Å². The maximum absolute atomic E-state index is 12.9. The van der Waals surface area contributed by atoms with Crippen LogP contribution in [-0.4, -0.2) is 0 Å². The molecular formula is C15H14BrFO. The lowest BCUT2D eigenvalue weighted by Gasteiger charge is -2.09. The average molecular weight is 309 g/mol. The first kappa shape index (κ1) is 13.1. The molecule has 0 saturated heterocycles. The van der Waals surface area contributed by atoms with Gasteiger partial charge in [-0.3, -0.25) is 0 Å². The molecule has 1 nitrogen and oxygen atoms in total. The summed E-state index contributed by atoms with van der Waals surface area (Å²) in [6.07, 6.45) is 0. The fourth-order valence-corrected chi connectivity index (χ4v) is 2.07. The van der Waals surface area contributed by atoms with E-state index in [9.17, 15) is 4.39 Å². The first-order chi connectivity index (χ1) is 8.56. The summed E-state index contributed by atoms with van der Waals surface area (Å²) in [6.45, 7) is 4.54. The third-order valence-corrected chi connectivity index (χ3v) is 3.63. The van der Waals surface area contributed by atoms with Crippen LogP contribution in [0.5, 0.6) is 5.75 Å². The van der Waals surface area contributed by atoms with Crippen LogP contribution >= 0.6 is 15.9 Å². The molecule has 2 aromatic carbocycles. The van der Waals surface area contributed by atoms with E-state index in [1.165, 1.54) is 23.3 Å². The van der Waals surface area contributed by atoms with Crippen LogP contribution in [0.3, 0.4) is 0 Å². The second-order valence-corrected chi connectivity index (χ2v) is 5.12. The van der Waals surface area contributed by atoms with Crippen molar-refractivity contribution < 1.29 is 9.13 Å². The van der Waals surface area contributed by atoms with Crippen LogP contribution in [0.25, 0.3) is 0 Å². The lowest BCUT2D eigenvalue weighted by Crippen LogP contribution is -1.97. The Labute approximate surface area is 115 Å². The van der Waals surface area contributed by atoms with E-state index in [1.807, 2.05) is 18.2 Å². The minimum Gasteiger partial charge on any atom is -0.489 e. The Morgan fingerprint density at radius 2 is 1.83 bits per heavy atom. The molecule has 0 fully saturated rings. The van der Waals surface area contributed by atoms with E-state index in [-0.39, 0.29) is 5.82 Å². The lowest BCUT2D eigenvalue weighted by molar-refractivity contribution is 0.305. The van der Waals surface area contributed by atoms with Gasteiger partial charge in [0, 0.05) is 10.0 Å². The van der Waals surface area contributed by atoms with Crippen molar-refractivity contribution >= 4 is 15.9 Å². The number of aryl methyl sites for hydroxylation is 2. The standard InChI is InChI=1S/C15H14BrFO/c1-10-3-6-14(7-11(10)2)18-9-12-4-5-13(17)8-15(12)16/h3-8H,9H2,1-2H3. The average Bonchev–Trinajstić information content (AvgIpc) is 2.32. The second kappa shape index (κ2) is 5.53. The highest BCUT2D eigenvalue weighted by atomic mass is 79.9. The van der Waals surface area contributed by atoms with Gasteiger partial charge in [-0.05, 0) is 49.2 Å². The van der Waals surface area contributed by atoms with Crippen molar-refractivity contribution in [3.8, 4) is 5.75 Å². The van der Waals surface area contributed by atoms with E-state index in [0.717, 1.165) is 15.8 Å². The number of hydrogen-bond donors (Lipinski definition) is 0. The Hall–Kier alpha value is -1.35. The van der Waals surface area contributed by atoms with Crippen LogP contribution in [0, 0.1) is 19.7 Å². The van der Waals surface area contributed by atoms with Gasteiger partial charge < -0.3 is 4.74 Å². The highest BCUT2D eigenvalue weighted by Crippen LogP contribution is 2.22. The Balaban J connectivity index is 2.09. The van der Waals surface area contributed by atoms with Crippen LogP contribution in [-0.2, 0) is 6.61 Å². The minimum atomic E-state index is -0.253. The van der Waals surface area contributed by atoms with Crippen LogP contribution in [0.15, 0.2) is 40.9 Å². The van der Waals surface area contributed by atoms with E-state index < -0.39 is 0 Å². The molecule has 18 heavy (non-hydrogen) atoms. The van der Waals surface area contributed by atoms with Crippen LogP contribution in [0.4, 0.5) is 4.39 Å². The third-order valence-electron chi connectivity index (χ3n) is 2.89. The van der Waals surface area contributed by atoms with Crippen LogP contribution in [0.1, 0.15) is 16.7 Å². The molecule has 0 heterocycles. The van der Waals surface area contributed by atoms with E-state index in [1.54, 1.807) is 6.07 Å². The zero-order valence-electron chi connectivity index (χ0n) is 10.3. The Kier molecular flexibility index (Phi) is 4.02. The normalized spacial score (nSPS) is 10.4. The molecular weight excluding hydrogens is 295 g/mol. The largest absolute Gasteiger partial charge is 0.489 e. The van der Waals surface area contributed by atoms with E-state index >= 15 is 0 Å². The van der Waals surface area contributed by atoms with Gasteiger partial charge in [-0.1, -0.05) is 28.1 Å². The van der Waals surface area contributed by atoms with E-state index in [0.29, 0.717) is 6.61 Å². The molecule has 0 radical (unpaired) electrons. The maximum Gasteiger partial charge on any atom is 0.124 e. The number of benzene rings is 2. The molecule has 0 N–H and O–H groups in total. The quantitative estimate of drug-likeness (QED) is 0.792. The zero-order valence-corrected chi connectivity index (χ0v) is 11.9. The van der Waals surface area contributed by atoms with Gasteiger partial charge in [-0.25, -0.2) is 4.39 Å². The summed E-state index contributed by atoms with van der Waals surface area (Å²) < 4.78 is 19.4. The minimum absolute atomic E-state index is 0.253. The molecule has 2 rings (SSSR count). The van der Waals surface area contributed by atoms with Crippen molar-refractivity contribution in [1.82, 2.24) is 0 Å². The summed E-state index contributed by atoms with van der Waals surface area (Å²) in [5, 5.41) is 0. The van der Waals surface area contributed by atoms with Gasteiger partial charge in [-0.15, -0.1) is 0 Å². The molecule has 0 aliphatic heterocycles. The lowest BCUT2D eigenvalue weighted by atomic mass is 10.1. The molecule has 0 aromatic heterocycles. The van der Waals surface area contributed by atoms with Crippen LogP contribution < -0.4 is 4.74 Å². The molecule has 0 bridgehead atoms. The first-order valence-corrected chi connectivity index (χ1v) is 6.49. The van der Waals surface area contributed by atoms with Gasteiger partial charge in [0.25, 0.3) is 0 Å². The molecule has 0 amide bonds. The Morgan fingerprint density at radius 3 is 2.50 bits per heavy atom. The summed E-state index contributed by atoms with van der Waals surface area (Å²) in [6, 6.07) is 10.6. The highest BCUT2D eigenvalue weighted by Gasteiger charge is 2.03. The van der Waals surface area contributed by atoms with Crippen LogP contribution in [0.2, 0.25) is 0 Å². The SMILES string of the molecule is Cc1ccc(OCc2ccc(F)cc2Br)cc1C. The molecule has 0 aliphatic carbocycles. The summed E-state index contributed by atoms with van der Waals surface area (Å²) in [4.78, 5) is 0. The number of rotatable bonds is 3. The second-order valence-electron chi connectivity index (χ2n) is 4.27. The summed E-state index contributed by atoms with van der Waals surface area (Å²) in [7, 11) is 0. The van der Waals surface area contributed by atoms with Gasteiger partial charge in [0.15, 0.2) is 0 Å². The Bertz CT molecular complexity index is 566. The third kappa shape index (κ3) is 3.10. The van der Waals surface area contributed by atoms with Gasteiger partial charge in [0.2, 0.25) is 0 Å². The van der Waals surface area contributed by atoms with Crippen molar-refractivity contribution in [3.05, 3.63) is 63.4 Å². The number of halogens is 2. The first-order valence-electron chi connectivity index (χ1n) is 5.70. The summed E-state index contributed by atoms with van der Waals surface area (Å²) in [5.74, 6) is 0.575. The number of ether oxygens (including phenoxy) is 1. The molecule has 94 valence electrons. The van der Waals surface area contributed by atoms with Crippen molar-refractivity contribution in [1.29, 1.82) is 0 Å². The molecule has 0 atom stereocenters. The predicted octanol–water partition coefficient (Wildman–Crippen LogP) is 4.78. The fraction of sp³-hybridized carbons (Fsp3) is 0.200. The summed E-state index contributed by atoms with van der Waals surface area (Å²) in [5.41, 5.74) is 3.37. The highest BCUT2D eigenvalue weighted by molar-refractivity contribution is 9.10. The van der Waals surface area contributed by atoms with Crippen molar-refractivity contribution in [3.63, 3.8) is 0 Å². The maximum atomic E-state index is 12.9. The van der Waals surface area contributed by atoms with E-state index in [2.05, 4.69) is 29.8 Å².